The molecule has 0 saturated heterocycles. The highest BCUT2D eigenvalue weighted by Crippen LogP contribution is 2.11. The zero-order valence-corrected chi connectivity index (χ0v) is 7.71. The molecule has 1 fully saturated rings. The molecule has 0 atom stereocenters. The monoisotopic (exact) mass is 183 g/mol. The Kier molecular flexibility index (Phi) is 3.61. The van der Waals surface area contributed by atoms with Crippen LogP contribution in [0.3, 0.4) is 0 Å². The number of aliphatic imine (C=N–C) groups is 1. The van der Waals surface area contributed by atoms with Crippen LogP contribution in [0.1, 0.15) is 25.7 Å². The number of nitrogens with zero attached hydrogens (tertiary/aromatic N) is 1. The van der Waals surface area contributed by atoms with Crippen molar-refractivity contribution in [3.8, 4) is 0 Å². The highest BCUT2D eigenvalue weighted by Gasteiger charge is 2.14. The first kappa shape index (κ1) is 9.89. The number of carbonyl (C=O) groups excluding carboxylic acids is 2. The summed E-state index contributed by atoms with van der Waals surface area (Å²) in [6, 6.07) is 0. The van der Waals surface area contributed by atoms with Gasteiger partial charge in [-0.25, -0.2) is 0 Å². The van der Waals surface area contributed by atoms with Crippen molar-refractivity contribution in [2.75, 3.05) is 13.7 Å². The van der Waals surface area contributed by atoms with E-state index in [-0.39, 0.29) is 18.3 Å². The summed E-state index contributed by atoms with van der Waals surface area (Å²) in [6.45, 7) is 0.0408. The lowest BCUT2D eigenvalue weighted by Gasteiger charge is -2.10. The third-order valence-electron chi connectivity index (χ3n) is 1.98. The lowest BCUT2D eigenvalue weighted by atomic mass is 9.97. The van der Waals surface area contributed by atoms with Crippen molar-refractivity contribution in [2.45, 2.75) is 25.7 Å². The van der Waals surface area contributed by atoms with Crippen molar-refractivity contribution in [3.63, 3.8) is 0 Å². The van der Waals surface area contributed by atoms with Gasteiger partial charge in [-0.2, -0.15) is 0 Å². The van der Waals surface area contributed by atoms with Crippen molar-refractivity contribution in [2.24, 2.45) is 4.99 Å². The van der Waals surface area contributed by atoms with E-state index in [1.807, 2.05) is 0 Å². The molecule has 1 aliphatic rings. The number of hydrogen-bond donors (Lipinski definition) is 0. The number of Topliss-reactive ketones (excluding diaryl/α,β-unsaturated/α-hetero) is 1. The maximum atomic E-state index is 11.0. The molecule has 0 aromatic rings. The minimum atomic E-state index is -0.356. The van der Waals surface area contributed by atoms with E-state index in [1.54, 1.807) is 0 Å². The van der Waals surface area contributed by atoms with E-state index in [1.165, 1.54) is 7.11 Å². The van der Waals surface area contributed by atoms with Crippen molar-refractivity contribution < 1.29 is 14.3 Å². The molecule has 0 aromatic heterocycles. The summed E-state index contributed by atoms with van der Waals surface area (Å²) in [7, 11) is 1.33. The van der Waals surface area contributed by atoms with Gasteiger partial charge in [0, 0.05) is 18.6 Å². The third-order valence-corrected chi connectivity index (χ3v) is 1.98. The number of esters is 1. The van der Waals surface area contributed by atoms with Gasteiger partial charge in [-0.3, -0.25) is 14.6 Å². The molecule has 0 heterocycles. The number of carbonyl (C=O) groups is 2. The Balaban J connectivity index is 2.41. The summed E-state index contributed by atoms with van der Waals surface area (Å²) in [4.78, 5) is 25.7. The van der Waals surface area contributed by atoms with Crippen molar-refractivity contribution in [3.05, 3.63) is 0 Å². The maximum Gasteiger partial charge on any atom is 0.327 e. The van der Waals surface area contributed by atoms with Crippen LogP contribution in [0, 0.1) is 0 Å². The summed E-state index contributed by atoms with van der Waals surface area (Å²) in [5.41, 5.74) is 0.835. The first-order chi connectivity index (χ1) is 6.22. The summed E-state index contributed by atoms with van der Waals surface area (Å²) < 4.78 is 4.44. The average molecular weight is 183 g/mol. The molecular weight excluding hydrogens is 170 g/mol. The number of rotatable bonds is 2. The molecule has 4 nitrogen and oxygen atoms in total. The van der Waals surface area contributed by atoms with Crippen LogP contribution in [0.2, 0.25) is 0 Å². The zero-order chi connectivity index (χ0) is 9.68. The van der Waals surface area contributed by atoms with Crippen LogP contribution >= 0.6 is 0 Å². The van der Waals surface area contributed by atoms with Gasteiger partial charge in [0.05, 0.1) is 7.11 Å². The molecule has 0 radical (unpaired) electrons. The summed E-state index contributed by atoms with van der Waals surface area (Å²) in [5.74, 6) is -0.139. The standard InChI is InChI=1S/C9H13NO3/c1-13-9(12)6-10-7-3-2-4-8(11)5-7/h2-6H2,1H3. The molecule has 0 unspecified atom stereocenters. The zero-order valence-electron chi connectivity index (χ0n) is 7.71. The van der Waals surface area contributed by atoms with Crippen molar-refractivity contribution in [1.82, 2.24) is 0 Å². The van der Waals surface area contributed by atoms with Gasteiger partial charge in [-0.05, 0) is 12.8 Å². The number of ketones is 1. The number of ether oxygens (including phenoxy) is 1. The van der Waals surface area contributed by atoms with Gasteiger partial charge < -0.3 is 4.74 Å². The SMILES string of the molecule is COC(=O)CN=C1CCCC(=O)C1. The fourth-order valence-corrected chi connectivity index (χ4v) is 1.27. The van der Waals surface area contributed by atoms with Gasteiger partial charge in [0.2, 0.25) is 0 Å². The van der Waals surface area contributed by atoms with Gasteiger partial charge in [0.1, 0.15) is 12.3 Å². The molecular formula is C9H13NO3. The second-order valence-corrected chi connectivity index (χ2v) is 3.03. The largest absolute Gasteiger partial charge is 0.468 e. The Morgan fingerprint density at radius 2 is 2.31 bits per heavy atom. The number of methoxy groups -OCH3 is 1. The van der Waals surface area contributed by atoms with Gasteiger partial charge >= 0.3 is 5.97 Å². The molecule has 72 valence electrons. The quantitative estimate of drug-likeness (QED) is 0.593. The Labute approximate surface area is 77.0 Å². The molecule has 0 aromatic carbocycles. The molecule has 0 aliphatic heterocycles. The fourth-order valence-electron chi connectivity index (χ4n) is 1.27. The molecule has 1 rings (SSSR count). The lowest BCUT2D eigenvalue weighted by Crippen LogP contribution is -2.16. The topological polar surface area (TPSA) is 55.7 Å². The second kappa shape index (κ2) is 4.74. The van der Waals surface area contributed by atoms with Gasteiger partial charge in [0.15, 0.2) is 0 Å². The molecule has 0 spiro atoms. The highest BCUT2D eigenvalue weighted by molar-refractivity contribution is 6.04. The predicted octanol–water partition coefficient (Wildman–Crippen LogP) is 0.743. The van der Waals surface area contributed by atoms with Crippen LogP contribution in [-0.2, 0) is 14.3 Å². The summed E-state index contributed by atoms with van der Waals surface area (Å²) >= 11 is 0. The summed E-state index contributed by atoms with van der Waals surface area (Å²) in [6.07, 6.45) is 2.76. The van der Waals surface area contributed by atoms with Gasteiger partial charge in [0.25, 0.3) is 0 Å². The molecule has 1 saturated carbocycles. The average Bonchev–Trinajstić information content (AvgIpc) is 2.14. The molecule has 0 bridgehead atoms. The van der Waals surface area contributed by atoms with E-state index in [0.29, 0.717) is 12.8 Å². The van der Waals surface area contributed by atoms with Crippen LogP contribution in [-0.4, -0.2) is 31.1 Å². The van der Waals surface area contributed by atoms with Crippen LogP contribution in [0.25, 0.3) is 0 Å². The smallest absolute Gasteiger partial charge is 0.327 e. The molecule has 4 heteroatoms. The van der Waals surface area contributed by atoms with E-state index in [0.717, 1.165) is 18.6 Å². The van der Waals surface area contributed by atoms with E-state index in [9.17, 15) is 9.59 Å². The van der Waals surface area contributed by atoms with E-state index < -0.39 is 0 Å². The van der Waals surface area contributed by atoms with E-state index in [2.05, 4.69) is 9.73 Å². The van der Waals surface area contributed by atoms with Gasteiger partial charge in [-0.15, -0.1) is 0 Å². The maximum absolute atomic E-state index is 11.0. The molecule has 0 N–H and O–H groups in total. The van der Waals surface area contributed by atoms with Crippen molar-refractivity contribution in [1.29, 1.82) is 0 Å². The molecule has 0 amide bonds. The molecule has 1 aliphatic carbocycles. The Bertz CT molecular complexity index is 245. The highest BCUT2D eigenvalue weighted by atomic mass is 16.5. The lowest BCUT2D eigenvalue weighted by molar-refractivity contribution is -0.138. The minimum absolute atomic E-state index is 0.0408. The Morgan fingerprint density at radius 3 is 2.92 bits per heavy atom. The van der Waals surface area contributed by atoms with Gasteiger partial charge in [-0.1, -0.05) is 0 Å². The minimum Gasteiger partial charge on any atom is -0.468 e. The molecule has 13 heavy (non-hydrogen) atoms. The second-order valence-electron chi connectivity index (χ2n) is 3.03. The first-order valence-corrected chi connectivity index (χ1v) is 4.33. The number of hydrogen-bond acceptors (Lipinski definition) is 4. The van der Waals surface area contributed by atoms with Crippen molar-refractivity contribution >= 4 is 17.5 Å². The van der Waals surface area contributed by atoms with Crippen LogP contribution in [0.5, 0.6) is 0 Å². The van der Waals surface area contributed by atoms with Crippen LogP contribution in [0.15, 0.2) is 4.99 Å². The predicted molar refractivity (Wildman–Crippen MR) is 47.8 cm³/mol. The van der Waals surface area contributed by atoms with E-state index in [4.69, 9.17) is 0 Å². The Morgan fingerprint density at radius 1 is 1.54 bits per heavy atom. The summed E-state index contributed by atoms with van der Waals surface area (Å²) in [5, 5.41) is 0. The van der Waals surface area contributed by atoms with Crippen LogP contribution < -0.4 is 0 Å². The first-order valence-electron chi connectivity index (χ1n) is 4.33. The van der Waals surface area contributed by atoms with E-state index >= 15 is 0 Å². The normalized spacial score (nSPS) is 20.4. The Hall–Kier alpha value is -1.19. The van der Waals surface area contributed by atoms with Crippen LogP contribution in [0.4, 0.5) is 0 Å². The third kappa shape index (κ3) is 3.36. The fraction of sp³-hybridized carbons (Fsp3) is 0.667.